The quantitative estimate of drug-likeness (QED) is 0.767. The highest BCUT2D eigenvalue weighted by molar-refractivity contribution is 7.88. The van der Waals surface area contributed by atoms with Crippen molar-refractivity contribution in [2.45, 2.75) is 25.7 Å². The molecule has 1 aliphatic carbocycles. The highest BCUT2D eigenvalue weighted by atomic mass is 32.2. The Labute approximate surface area is 115 Å². The average Bonchev–Trinajstić information content (AvgIpc) is 2.87. The molecule has 0 radical (unpaired) electrons. The lowest BCUT2D eigenvalue weighted by atomic mass is 9.84. The normalized spacial score (nSPS) is 24.6. The van der Waals surface area contributed by atoms with Gasteiger partial charge in [-0.05, 0) is 12.8 Å². The van der Waals surface area contributed by atoms with Gasteiger partial charge in [-0.25, -0.2) is 8.42 Å². The molecule has 0 aromatic heterocycles. The number of rotatable bonds is 3. The molecule has 1 saturated heterocycles. The summed E-state index contributed by atoms with van der Waals surface area (Å²) in [5.74, 6) is 0.126. The van der Waals surface area contributed by atoms with Crippen molar-refractivity contribution in [1.29, 1.82) is 0 Å². The van der Waals surface area contributed by atoms with Crippen LogP contribution < -0.4 is 5.73 Å². The van der Waals surface area contributed by atoms with E-state index in [1.807, 2.05) is 0 Å². The number of carbonyl (C=O) groups excluding carboxylic acids is 1. The smallest absolute Gasteiger partial charge is 0.230 e. The number of sulfonamides is 1. The van der Waals surface area contributed by atoms with Gasteiger partial charge in [0, 0.05) is 32.7 Å². The van der Waals surface area contributed by atoms with Gasteiger partial charge in [0.25, 0.3) is 0 Å². The fourth-order valence-corrected chi connectivity index (χ4v) is 3.94. The summed E-state index contributed by atoms with van der Waals surface area (Å²) in [6.45, 7) is 2.15. The Morgan fingerprint density at radius 3 is 2.11 bits per heavy atom. The van der Waals surface area contributed by atoms with Crippen LogP contribution in [0.2, 0.25) is 0 Å². The molecule has 1 heterocycles. The first-order chi connectivity index (χ1) is 8.89. The van der Waals surface area contributed by atoms with Crippen molar-refractivity contribution in [2.24, 2.45) is 11.1 Å². The first-order valence-electron chi connectivity index (χ1n) is 6.84. The lowest BCUT2D eigenvalue weighted by Crippen LogP contribution is -2.55. The van der Waals surface area contributed by atoms with Crippen LogP contribution in [0.1, 0.15) is 25.7 Å². The van der Waals surface area contributed by atoms with Crippen LogP contribution in [0.3, 0.4) is 0 Å². The molecule has 2 aliphatic rings. The van der Waals surface area contributed by atoms with E-state index in [1.165, 1.54) is 10.6 Å². The maximum absolute atomic E-state index is 12.6. The molecule has 0 spiro atoms. The molecule has 1 amide bonds. The SMILES string of the molecule is CS(=O)(=O)N1CCN(C(=O)C2(CN)CCCC2)CC1. The lowest BCUT2D eigenvalue weighted by Gasteiger charge is -2.38. The average molecular weight is 289 g/mol. The van der Waals surface area contributed by atoms with Gasteiger partial charge in [-0.15, -0.1) is 0 Å². The van der Waals surface area contributed by atoms with E-state index in [-0.39, 0.29) is 11.3 Å². The molecule has 0 bridgehead atoms. The van der Waals surface area contributed by atoms with Gasteiger partial charge < -0.3 is 10.6 Å². The Morgan fingerprint density at radius 1 is 1.16 bits per heavy atom. The van der Waals surface area contributed by atoms with Crippen molar-refractivity contribution in [1.82, 2.24) is 9.21 Å². The molecule has 1 aliphatic heterocycles. The van der Waals surface area contributed by atoms with Crippen molar-refractivity contribution < 1.29 is 13.2 Å². The van der Waals surface area contributed by atoms with E-state index in [9.17, 15) is 13.2 Å². The van der Waals surface area contributed by atoms with E-state index < -0.39 is 10.0 Å². The molecular formula is C12H23N3O3S. The third-order valence-electron chi connectivity index (χ3n) is 4.40. The first kappa shape index (κ1) is 14.7. The van der Waals surface area contributed by atoms with Crippen LogP contribution in [-0.4, -0.2) is 62.5 Å². The number of piperazine rings is 1. The highest BCUT2D eigenvalue weighted by Gasteiger charge is 2.43. The summed E-state index contributed by atoms with van der Waals surface area (Å²) in [6.07, 6.45) is 5.07. The van der Waals surface area contributed by atoms with Crippen molar-refractivity contribution in [3.63, 3.8) is 0 Å². The molecule has 0 aromatic carbocycles. The van der Waals surface area contributed by atoms with Crippen LogP contribution in [0.15, 0.2) is 0 Å². The fraction of sp³-hybridized carbons (Fsp3) is 0.917. The number of hydrogen-bond acceptors (Lipinski definition) is 4. The minimum absolute atomic E-state index is 0.126. The number of amides is 1. The van der Waals surface area contributed by atoms with Crippen LogP contribution in [0.4, 0.5) is 0 Å². The number of nitrogens with two attached hydrogens (primary N) is 1. The molecule has 7 heteroatoms. The second-order valence-corrected chi connectivity index (χ2v) is 7.63. The highest BCUT2D eigenvalue weighted by Crippen LogP contribution is 2.39. The maximum Gasteiger partial charge on any atom is 0.230 e. The van der Waals surface area contributed by atoms with Gasteiger partial charge in [0.2, 0.25) is 15.9 Å². The van der Waals surface area contributed by atoms with Crippen LogP contribution in [0.5, 0.6) is 0 Å². The number of carbonyl (C=O) groups is 1. The summed E-state index contributed by atoms with van der Waals surface area (Å²) in [4.78, 5) is 14.4. The van der Waals surface area contributed by atoms with Crippen LogP contribution in [-0.2, 0) is 14.8 Å². The molecule has 6 nitrogen and oxygen atoms in total. The van der Waals surface area contributed by atoms with Crippen molar-refractivity contribution in [3.05, 3.63) is 0 Å². The van der Waals surface area contributed by atoms with Crippen LogP contribution in [0, 0.1) is 5.41 Å². The molecule has 2 fully saturated rings. The van der Waals surface area contributed by atoms with Crippen molar-refractivity contribution in [2.75, 3.05) is 39.0 Å². The molecule has 0 aromatic rings. The third-order valence-corrected chi connectivity index (χ3v) is 5.70. The standard InChI is InChI=1S/C12H23N3O3S/c1-19(17,18)15-8-6-14(7-9-15)11(16)12(10-13)4-2-3-5-12/h2-10,13H2,1H3. The summed E-state index contributed by atoms with van der Waals surface area (Å²) >= 11 is 0. The Kier molecular flexibility index (Phi) is 4.17. The zero-order valence-corrected chi connectivity index (χ0v) is 12.3. The van der Waals surface area contributed by atoms with E-state index in [1.54, 1.807) is 4.90 Å². The van der Waals surface area contributed by atoms with Crippen LogP contribution in [0.25, 0.3) is 0 Å². The van der Waals surface area contributed by atoms with E-state index in [4.69, 9.17) is 5.73 Å². The zero-order valence-electron chi connectivity index (χ0n) is 11.5. The molecule has 0 unspecified atom stereocenters. The monoisotopic (exact) mass is 289 g/mol. The van der Waals surface area contributed by atoms with E-state index in [2.05, 4.69) is 0 Å². The fourth-order valence-electron chi connectivity index (χ4n) is 3.12. The Morgan fingerprint density at radius 2 is 1.68 bits per heavy atom. The first-order valence-corrected chi connectivity index (χ1v) is 8.68. The predicted molar refractivity (Wildman–Crippen MR) is 73.0 cm³/mol. The van der Waals surface area contributed by atoms with Gasteiger partial charge in [-0.3, -0.25) is 4.79 Å². The molecular weight excluding hydrogens is 266 g/mol. The number of nitrogens with zero attached hydrogens (tertiary/aromatic N) is 2. The summed E-state index contributed by atoms with van der Waals surface area (Å²) < 4.78 is 24.3. The van der Waals surface area contributed by atoms with Gasteiger partial charge >= 0.3 is 0 Å². The molecule has 110 valence electrons. The van der Waals surface area contributed by atoms with E-state index in [0.717, 1.165) is 25.7 Å². The predicted octanol–water partition coefficient (Wildman–Crippen LogP) is -0.391. The topological polar surface area (TPSA) is 83.7 Å². The largest absolute Gasteiger partial charge is 0.340 e. The van der Waals surface area contributed by atoms with Crippen molar-refractivity contribution >= 4 is 15.9 Å². The Balaban J connectivity index is 1.99. The molecule has 0 atom stereocenters. The van der Waals surface area contributed by atoms with Crippen LogP contribution >= 0.6 is 0 Å². The van der Waals surface area contributed by atoms with Gasteiger partial charge in [0.05, 0.1) is 11.7 Å². The molecule has 19 heavy (non-hydrogen) atoms. The second kappa shape index (κ2) is 5.38. The van der Waals surface area contributed by atoms with Gasteiger partial charge in [-0.2, -0.15) is 4.31 Å². The van der Waals surface area contributed by atoms with E-state index in [0.29, 0.717) is 32.7 Å². The Bertz CT molecular complexity index is 435. The summed E-state index contributed by atoms with van der Waals surface area (Å²) in [5, 5.41) is 0. The lowest BCUT2D eigenvalue weighted by molar-refractivity contribution is -0.142. The molecule has 2 N–H and O–H groups in total. The number of hydrogen-bond donors (Lipinski definition) is 1. The van der Waals surface area contributed by atoms with E-state index >= 15 is 0 Å². The third kappa shape index (κ3) is 2.93. The summed E-state index contributed by atoms with van der Waals surface area (Å²) in [7, 11) is -3.14. The second-order valence-electron chi connectivity index (χ2n) is 5.65. The van der Waals surface area contributed by atoms with Gasteiger partial charge in [0.15, 0.2) is 0 Å². The molecule has 1 saturated carbocycles. The summed E-state index contributed by atoms with van der Waals surface area (Å²) in [6, 6.07) is 0. The maximum atomic E-state index is 12.6. The molecule has 2 rings (SSSR count). The van der Waals surface area contributed by atoms with Gasteiger partial charge in [-0.1, -0.05) is 12.8 Å². The Hall–Kier alpha value is -0.660. The van der Waals surface area contributed by atoms with Crippen molar-refractivity contribution in [3.8, 4) is 0 Å². The minimum atomic E-state index is -3.14. The summed E-state index contributed by atoms with van der Waals surface area (Å²) in [5.41, 5.74) is 5.44. The minimum Gasteiger partial charge on any atom is -0.340 e. The van der Waals surface area contributed by atoms with Gasteiger partial charge in [0.1, 0.15) is 0 Å². The zero-order chi connectivity index (χ0) is 14.1.